The molecular weight excluding hydrogens is 194 g/mol. The summed E-state index contributed by atoms with van der Waals surface area (Å²) in [6.45, 7) is 6.18. The van der Waals surface area contributed by atoms with Gasteiger partial charge < -0.3 is 5.32 Å². The first-order valence-electron chi connectivity index (χ1n) is 6.25. The molecule has 1 heteroatoms. The Morgan fingerprint density at radius 3 is 2.75 bits per heavy atom. The van der Waals surface area contributed by atoms with Crippen molar-refractivity contribution >= 4 is 0 Å². The van der Waals surface area contributed by atoms with Crippen LogP contribution in [0.5, 0.6) is 0 Å². The van der Waals surface area contributed by atoms with Crippen molar-refractivity contribution < 1.29 is 0 Å². The molecule has 0 bridgehead atoms. The summed E-state index contributed by atoms with van der Waals surface area (Å²) in [4.78, 5) is 0. The van der Waals surface area contributed by atoms with E-state index in [1.807, 2.05) is 0 Å². The summed E-state index contributed by atoms with van der Waals surface area (Å²) in [5, 5.41) is 3.72. The third kappa shape index (κ3) is 2.53. The molecular formula is C15H21N. The first-order chi connectivity index (χ1) is 7.81. The molecule has 86 valence electrons. The molecule has 0 spiro atoms. The summed E-state index contributed by atoms with van der Waals surface area (Å²) >= 11 is 0. The molecule has 0 aliphatic heterocycles. The van der Waals surface area contributed by atoms with Crippen LogP contribution in [0.4, 0.5) is 0 Å². The number of hydrogen-bond acceptors (Lipinski definition) is 1. The normalized spacial score (nSPS) is 26.6. The Kier molecular flexibility index (Phi) is 3.79. The molecule has 1 aromatic rings. The lowest BCUT2D eigenvalue weighted by atomic mass is 10.0. The molecule has 0 amide bonds. The zero-order valence-electron chi connectivity index (χ0n) is 10.0. The van der Waals surface area contributed by atoms with Crippen molar-refractivity contribution in [2.75, 3.05) is 0 Å². The van der Waals surface area contributed by atoms with Gasteiger partial charge in [-0.05, 0) is 31.2 Å². The van der Waals surface area contributed by atoms with Gasteiger partial charge in [0.25, 0.3) is 0 Å². The molecule has 0 saturated heterocycles. The van der Waals surface area contributed by atoms with Gasteiger partial charge in [-0.25, -0.2) is 0 Å². The molecule has 2 rings (SSSR count). The van der Waals surface area contributed by atoms with Crippen molar-refractivity contribution in [3.05, 3.63) is 48.6 Å². The summed E-state index contributed by atoms with van der Waals surface area (Å²) < 4.78 is 0. The molecule has 1 aromatic carbocycles. The highest BCUT2D eigenvalue weighted by molar-refractivity contribution is 5.18. The molecule has 1 fully saturated rings. The lowest BCUT2D eigenvalue weighted by molar-refractivity contribution is 0.413. The summed E-state index contributed by atoms with van der Waals surface area (Å²) in [6, 6.07) is 11.7. The van der Waals surface area contributed by atoms with E-state index in [2.05, 4.69) is 55.2 Å². The van der Waals surface area contributed by atoms with Crippen LogP contribution >= 0.6 is 0 Å². The molecule has 0 aromatic heterocycles. The molecule has 1 aliphatic rings. The predicted molar refractivity (Wildman–Crippen MR) is 69.3 cm³/mol. The van der Waals surface area contributed by atoms with Gasteiger partial charge in [-0.1, -0.05) is 42.8 Å². The second-order valence-corrected chi connectivity index (χ2v) is 4.74. The zero-order valence-corrected chi connectivity index (χ0v) is 10.0. The Labute approximate surface area is 98.6 Å². The van der Waals surface area contributed by atoms with Crippen molar-refractivity contribution in [3.8, 4) is 0 Å². The minimum atomic E-state index is 0.437. The van der Waals surface area contributed by atoms with Crippen LogP contribution in [0, 0.1) is 5.92 Å². The van der Waals surface area contributed by atoms with Gasteiger partial charge in [0.15, 0.2) is 0 Å². The van der Waals surface area contributed by atoms with Crippen molar-refractivity contribution in [1.29, 1.82) is 0 Å². The van der Waals surface area contributed by atoms with E-state index in [-0.39, 0.29) is 0 Å². The number of benzene rings is 1. The average molecular weight is 215 g/mol. The van der Waals surface area contributed by atoms with Crippen LogP contribution in [0.2, 0.25) is 0 Å². The Balaban J connectivity index is 1.97. The second kappa shape index (κ2) is 5.31. The average Bonchev–Trinajstić information content (AvgIpc) is 2.77. The third-order valence-electron chi connectivity index (χ3n) is 3.64. The lowest BCUT2D eigenvalue weighted by Gasteiger charge is -2.23. The molecule has 16 heavy (non-hydrogen) atoms. The van der Waals surface area contributed by atoms with Gasteiger partial charge in [0.1, 0.15) is 0 Å². The fourth-order valence-electron chi connectivity index (χ4n) is 2.64. The first kappa shape index (κ1) is 11.4. The maximum atomic E-state index is 3.93. The molecule has 0 heterocycles. The largest absolute Gasteiger partial charge is 0.307 e. The fourth-order valence-corrected chi connectivity index (χ4v) is 2.64. The Morgan fingerprint density at radius 1 is 1.31 bits per heavy atom. The predicted octanol–water partition coefficient (Wildman–Crippen LogP) is 3.69. The van der Waals surface area contributed by atoms with Crippen molar-refractivity contribution in [2.45, 2.75) is 38.3 Å². The van der Waals surface area contributed by atoms with E-state index in [1.165, 1.54) is 24.8 Å². The smallest absolute Gasteiger partial charge is 0.0294 e. The van der Waals surface area contributed by atoms with Crippen molar-refractivity contribution in [3.63, 3.8) is 0 Å². The summed E-state index contributed by atoms with van der Waals surface area (Å²) in [5.41, 5.74) is 1.37. The van der Waals surface area contributed by atoms with Gasteiger partial charge in [0.05, 0.1) is 0 Å². The van der Waals surface area contributed by atoms with Crippen LogP contribution in [0.3, 0.4) is 0 Å². The van der Waals surface area contributed by atoms with Crippen LogP contribution in [-0.2, 0) is 0 Å². The number of rotatable bonds is 4. The maximum Gasteiger partial charge on any atom is 0.0294 e. The topological polar surface area (TPSA) is 12.0 Å². The second-order valence-electron chi connectivity index (χ2n) is 4.74. The zero-order chi connectivity index (χ0) is 11.4. The summed E-state index contributed by atoms with van der Waals surface area (Å²) in [5.74, 6) is 0.658. The number of nitrogens with one attached hydrogen (secondary N) is 1. The molecule has 3 atom stereocenters. The van der Waals surface area contributed by atoms with E-state index in [0.717, 1.165) is 0 Å². The van der Waals surface area contributed by atoms with E-state index in [0.29, 0.717) is 18.0 Å². The summed E-state index contributed by atoms with van der Waals surface area (Å²) in [7, 11) is 0. The van der Waals surface area contributed by atoms with E-state index >= 15 is 0 Å². The molecule has 1 saturated carbocycles. The monoisotopic (exact) mass is 215 g/mol. The molecule has 2 unspecified atom stereocenters. The van der Waals surface area contributed by atoms with Crippen LogP contribution < -0.4 is 5.32 Å². The highest BCUT2D eigenvalue weighted by Gasteiger charge is 2.25. The Hall–Kier alpha value is -1.08. The molecule has 1 aliphatic carbocycles. The summed E-state index contributed by atoms with van der Waals surface area (Å²) in [6.07, 6.45) is 6.02. The van der Waals surface area contributed by atoms with Crippen molar-refractivity contribution in [2.24, 2.45) is 5.92 Å². The van der Waals surface area contributed by atoms with E-state index in [9.17, 15) is 0 Å². The van der Waals surface area contributed by atoms with E-state index in [4.69, 9.17) is 0 Å². The van der Waals surface area contributed by atoms with Crippen LogP contribution in [0.1, 0.15) is 37.8 Å². The Bertz CT molecular complexity index is 331. The minimum absolute atomic E-state index is 0.437. The van der Waals surface area contributed by atoms with E-state index < -0.39 is 0 Å². The number of hydrogen-bond donors (Lipinski definition) is 1. The third-order valence-corrected chi connectivity index (χ3v) is 3.64. The maximum absolute atomic E-state index is 3.93. The van der Waals surface area contributed by atoms with Gasteiger partial charge in [-0.15, -0.1) is 6.58 Å². The van der Waals surface area contributed by atoms with Crippen molar-refractivity contribution in [1.82, 2.24) is 5.32 Å². The quantitative estimate of drug-likeness (QED) is 0.755. The Morgan fingerprint density at radius 2 is 2.06 bits per heavy atom. The van der Waals surface area contributed by atoms with Gasteiger partial charge in [-0.3, -0.25) is 0 Å². The molecule has 0 radical (unpaired) electrons. The van der Waals surface area contributed by atoms with Gasteiger partial charge >= 0.3 is 0 Å². The van der Waals surface area contributed by atoms with Gasteiger partial charge in [-0.2, -0.15) is 0 Å². The highest BCUT2D eigenvalue weighted by atomic mass is 15.0. The fraction of sp³-hybridized carbons (Fsp3) is 0.467. The lowest BCUT2D eigenvalue weighted by Crippen LogP contribution is -2.33. The standard InChI is InChI=1S/C15H21N/c1-3-13-10-7-11-15(13)16-12(2)14-8-5-4-6-9-14/h3-6,8-9,12-13,15-16H,1,7,10-11H2,2H3/t12-,13?,15?/m1/s1. The van der Waals surface area contributed by atoms with Gasteiger partial charge in [0, 0.05) is 12.1 Å². The van der Waals surface area contributed by atoms with Crippen LogP contribution in [-0.4, -0.2) is 6.04 Å². The van der Waals surface area contributed by atoms with E-state index in [1.54, 1.807) is 0 Å². The first-order valence-corrected chi connectivity index (χ1v) is 6.25. The minimum Gasteiger partial charge on any atom is -0.307 e. The highest BCUT2D eigenvalue weighted by Crippen LogP contribution is 2.28. The van der Waals surface area contributed by atoms with Gasteiger partial charge in [0.2, 0.25) is 0 Å². The SMILES string of the molecule is C=CC1CCCC1N[C@H](C)c1ccccc1. The van der Waals surface area contributed by atoms with Crippen LogP contribution in [0.25, 0.3) is 0 Å². The van der Waals surface area contributed by atoms with Crippen LogP contribution in [0.15, 0.2) is 43.0 Å². The molecule has 1 nitrogen and oxygen atoms in total. The molecule has 1 N–H and O–H groups in total.